The largest absolute Gasteiger partial charge is 0.467 e. The number of nitrogens with zero attached hydrogens (tertiary/aromatic N) is 1. The van der Waals surface area contributed by atoms with Crippen molar-refractivity contribution < 1.29 is 19.4 Å². The Labute approximate surface area is 90.0 Å². The molecule has 1 aliphatic heterocycles. The Balaban J connectivity index is 2.52. The molecule has 0 aromatic carbocycles. The van der Waals surface area contributed by atoms with E-state index in [1.165, 1.54) is 7.11 Å². The number of morpholine rings is 1. The Morgan fingerprint density at radius 1 is 1.60 bits per heavy atom. The number of carbonyl (C=O) groups excluding carboxylic acids is 1. The fraction of sp³-hybridized carbons (Fsp3) is 0.900. The number of ether oxygens (including phenoxy) is 2. The summed E-state index contributed by atoms with van der Waals surface area (Å²) in [5, 5.41) is 9.46. The molecular weight excluding hydrogens is 198 g/mol. The molecule has 0 bridgehead atoms. The van der Waals surface area contributed by atoms with E-state index in [1.807, 2.05) is 11.8 Å². The zero-order valence-electron chi connectivity index (χ0n) is 9.47. The molecule has 1 rings (SSSR count). The van der Waals surface area contributed by atoms with Crippen molar-refractivity contribution in [3.8, 4) is 0 Å². The van der Waals surface area contributed by atoms with Gasteiger partial charge in [0.05, 0.1) is 19.8 Å². The van der Waals surface area contributed by atoms with Crippen LogP contribution in [0.3, 0.4) is 0 Å². The molecule has 0 saturated carbocycles. The molecule has 1 aliphatic rings. The number of hydrogen-bond donors (Lipinski definition) is 1. The van der Waals surface area contributed by atoms with E-state index in [4.69, 9.17) is 4.74 Å². The number of esters is 1. The Morgan fingerprint density at radius 3 is 2.80 bits per heavy atom. The second kappa shape index (κ2) is 5.44. The molecule has 0 aromatic heterocycles. The average molecular weight is 217 g/mol. The van der Waals surface area contributed by atoms with Crippen LogP contribution < -0.4 is 0 Å². The van der Waals surface area contributed by atoms with Gasteiger partial charge < -0.3 is 14.6 Å². The summed E-state index contributed by atoms with van der Waals surface area (Å²) in [4.78, 5) is 13.3. The van der Waals surface area contributed by atoms with Gasteiger partial charge in [-0.2, -0.15) is 0 Å². The van der Waals surface area contributed by atoms with Gasteiger partial charge in [-0.3, -0.25) is 4.90 Å². The molecule has 1 saturated heterocycles. The maximum absolute atomic E-state index is 11.3. The zero-order chi connectivity index (χ0) is 11.4. The van der Waals surface area contributed by atoms with Crippen LogP contribution in [0.25, 0.3) is 0 Å². The van der Waals surface area contributed by atoms with Crippen molar-refractivity contribution in [3.63, 3.8) is 0 Å². The van der Waals surface area contributed by atoms with E-state index in [1.54, 1.807) is 6.92 Å². The molecule has 0 aromatic rings. The van der Waals surface area contributed by atoms with Crippen molar-refractivity contribution in [2.24, 2.45) is 0 Å². The van der Waals surface area contributed by atoms with Crippen LogP contribution in [0.15, 0.2) is 0 Å². The van der Waals surface area contributed by atoms with Gasteiger partial charge >= 0.3 is 5.97 Å². The van der Waals surface area contributed by atoms with Gasteiger partial charge in [-0.1, -0.05) is 0 Å². The predicted octanol–water partition coefficient (Wildman–Crippen LogP) is -0.371. The zero-order valence-corrected chi connectivity index (χ0v) is 9.47. The van der Waals surface area contributed by atoms with Gasteiger partial charge in [-0.05, 0) is 13.8 Å². The summed E-state index contributed by atoms with van der Waals surface area (Å²) < 4.78 is 9.92. The number of rotatable bonds is 3. The fourth-order valence-electron chi connectivity index (χ4n) is 1.62. The van der Waals surface area contributed by atoms with Crippen LogP contribution in [0.1, 0.15) is 13.8 Å². The lowest BCUT2D eigenvalue weighted by atomic mass is 10.1. The van der Waals surface area contributed by atoms with Crippen molar-refractivity contribution in [1.29, 1.82) is 0 Å². The Hall–Kier alpha value is -0.650. The van der Waals surface area contributed by atoms with Gasteiger partial charge in [0.2, 0.25) is 0 Å². The molecule has 0 aliphatic carbocycles. The van der Waals surface area contributed by atoms with Gasteiger partial charge in [0.15, 0.2) is 6.10 Å². The highest BCUT2D eigenvalue weighted by Crippen LogP contribution is 2.12. The van der Waals surface area contributed by atoms with Gasteiger partial charge in [-0.15, -0.1) is 0 Å². The van der Waals surface area contributed by atoms with E-state index < -0.39 is 12.2 Å². The molecule has 15 heavy (non-hydrogen) atoms. The highest BCUT2D eigenvalue weighted by molar-refractivity contribution is 5.74. The molecule has 3 atom stereocenters. The number of hydrogen-bond acceptors (Lipinski definition) is 5. The summed E-state index contributed by atoms with van der Waals surface area (Å²) in [6.07, 6.45) is -0.939. The molecule has 0 amide bonds. The van der Waals surface area contributed by atoms with Gasteiger partial charge in [0, 0.05) is 19.1 Å². The van der Waals surface area contributed by atoms with Crippen LogP contribution >= 0.6 is 0 Å². The minimum Gasteiger partial charge on any atom is -0.467 e. The summed E-state index contributed by atoms with van der Waals surface area (Å²) in [7, 11) is 1.35. The first-order valence-electron chi connectivity index (χ1n) is 5.17. The molecule has 5 heteroatoms. The van der Waals surface area contributed by atoms with Crippen LogP contribution in [-0.4, -0.2) is 61.0 Å². The maximum atomic E-state index is 11.3. The summed E-state index contributed by atoms with van der Waals surface area (Å²) in [5.41, 5.74) is 0. The van der Waals surface area contributed by atoms with E-state index in [0.717, 1.165) is 6.54 Å². The van der Waals surface area contributed by atoms with Gasteiger partial charge in [-0.25, -0.2) is 4.79 Å². The molecule has 5 nitrogen and oxygen atoms in total. The predicted molar refractivity (Wildman–Crippen MR) is 54.5 cm³/mol. The molecule has 1 N–H and O–H groups in total. The minimum atomic E-state index is -0.523. The minimum absolute atomic E-state index is 0.0288. The van der Waals surface area contributed by atoms with Crippen molar-refractivity contribution in [2.45, 2.75) is 32.1 Å². The number of aliphatic hydroxyl groups is 1. The van der Waals surface area contributed by atoms with Crippen LogP contribution in [0.5, 0.6) is 0 Å². The lowest BCUT2D eigenvalue weighted by molar-refractivity contribution is -0.161. The fourth-order valence-corrected chi connectivity index (χ4v) is 1.62. The van der Waals surface area contributed by atoms with E-state index in [-0.39, 0.29) is 12.0 Å². The molecule has 3 unspecified atom stereocenters. The Kier molecular flexibility index (Phi) is 4.50. The van der Waals surface area contributed by atoms with Crippen molar-refractivity contribution in [1.82, 2.24) is 4.90 Å². The van der Waals surface area contributed by atoms with E-state index in [9.17, 15) is 9.90 Å². The lowest BCUT2D eigenvalue weighted by Gasteiger charge is -2.36. The standard InChI is InChI=1S/C10H19NO4/c1-7(8(2)12)11-4-5-15-9(6-11)10(13)14-3/h7-9,12H,4-6H2,1-3H3. The molecule has 0 radical (unpaired) electrons. The molecule has 1 heterocycles. The third kappa shape index (κ3) is 3.15. The van der Waals surface area contributed by atoms with Crippen molar-refractivity contribution >= 4 is 5.97 Å². The topological polar surface area (TPSA) is 59.0 Å². The normalized spacial score (nSPS) is 27.1. The smallest absolute Gasteiger partial charge is 0.336 e. The van der Waals surface area contributed by atoms with Gasteiger partial charge in [0.25, 0.3) is 0 Å². The highest BCUT2D eigenvalue weighted by atomic mass is 16.6. The number of methoxy groups -OCH3 is 1. The van der Waals surface area contributed by atoms with Crippen LogP contribution in [-0.2, 0) is 14.3 Å². The van der Waals surface area contributed by atoms with Crippen LogP contribution in [0, 0.1) is 0 Å². The first-order valence-corrected chi connectivity index (χ1v) is 5.17. The summed E-state index contributed by atoms with van der Waals surface area (Å²) in [6.45, 7) is 5.40. The quantitative estimate of drug-likeness (QED) is 0.654. The summed E-state index contributed by atoms with van der Waals surface area (Å²) in [5.74, 6) is -0.350. The van der Waals surface area contributed by atoms with Gasteiger partial charge in [0.1, 0.15) is 0 Å². The van der Waals surface area contributed by atoms with Crippen LogP contribution in [0.4, 0.5) is 0 Å². The second-order valence-electron chi connectivity index (χ2n) is 3.86. The highest BCUT2D eigenvalue weighted by Gasteiger charge is 2.30. The Morgan fingerprint density at radius 2 is 2.27 bits per heavy atom. The average Bonchev–Trinajstić information content (AvgIpc) is 2.27. The molecular formula is C10H19NO4. The van der Waals surface area contributed by atoms with E-state index >= 15 is 0 Å². The first kappa shape index (κ1) is 12.4. The lowest BCUT2D eigenvalue weighted by Crippen LogP contribution is -2.52. The second-order valence-corrected chi connectivity index (χ2v) is 3.86. The van der Waals surface area contributed by atoms with Crippen LogP contribution in [0.2, 0.25) is 0 Å². The van der Waals surface area contributed by atoms with E-state index in [0.29, 0.717) is 13.2 Å². The Bertz CT molecular complexity index is 219. The maximum Gasteiger partial charge on any atom is 0.336 e. The van der Waals surface area contributed by atoms with Crippen molar-refractivity contribution in [3.05, 3.63) is 0 Å². The molecule has 1 fully saturated rings. The summed E-state index contributed by atoms with van der Waals surface area (Å²) >= 11 is 0. The number of carbonyl (C=O) groups is 1. The summed E-state index contributed by atoms with van der Waals surface area (Å²) in [6, 6.07) is 0.0288. The third-order valence-electron chi connectivity index (χ3n) is 2.84. The monoisotopic (exact) mass is 217 g/mol. The number of aliphatic hydroxyl groups excluding tert-OH is 1. The first-order chi connectivity index (χ1) is 7.06. The SMILES string of the molecule is COC(=O)C1CN(C(C)C(C)O)CCO1. The van der Waals surface area contributed by atoms with E-state index in [2.05, 4.69) is 4.74 Å². The van der Waals surface area contributed by atoms with Crippen molar-refractivity contribution in [2.75, 3.05) is 26.8 Å². The molecule has 0 spiro atoms. The third-order valence-corrected chi connectivity index (χ3v) is 2.84. The molecule has 88 valence electrons.